The minimum atomic E-state index is 0. The summed E-state index contributed by atoms with van der Waals surface area (Å²) >= 11 is 0. The molecule has 0 aromatic heterocycles. The molecule has 0 radical (unpaired) electrons. The molecule has 0 bridgehead atoms. The zero-order valence-corrected chi connectivity index (χ0v) is 1.95. The van der Waals surface area contributed by atoms with Gasteiger partial charge in [-0.1, -0.05) is 0 Å². The molecule has 0 N–H and O–H groups in total. The summed E-state index contributed by atoms with van der Waals surface area (Å²) in [6.07, 6.45) is 0. The number of rotatable bonds is 0. The van der Waals surface area contributed by atoms with Crippen LogP contribution < -0.4 is 0 Å². The van der Waals surface area contributed by atoms with Gasteiger partial charge in [-0.25, -0.2) is 5.26 Å². The van der Waals surface area contributed by atoms with Crippen LogP contribution in [0.3, 0.4) is 0 Å². The zero-order valence-electron chi connectivity index (χ0n) is 1.95. The van der Waals surface area contributed by atoms with Crippen LogP contribution in [0.15, 0.2) is 0 Å². The summed E-state index contributed by atoms with van der Waals surface area (Å²) < 4.78 is 0. The Balaban J connectivity index is -0.00000000333. The summed E-state index contributed by atoms with van der Waals surface area (Å²) in [6.45, 7) is 0. The average molecular weight is 68.9 g/mol. The van der Waals surface area contributed by atoms with Gasteiger partial charge < -0.3 is 0 Å². The van der Waals surface area contributed by atoms with Gasteiger partial charge in [-0.3, -0.25) is 0 Å². The number of nitriles is 1. The van der Waals surface area contributed by atoms with Crippen molar-refractivity contribution in [3.8, 4) is 5.97 Å². The first-order chi connectivity index (χ1) is 1.41. The van der Waals surface area contributed by atoms with E-state index in [1.807, 2.05) is 0 Å². The van der Waals surface area contributed by atoms with E-state index in [1.54, 1.807) is 5.97 Å². The van der Waals surface area contributed by atoms with E-state index >= 15 is 0 Å². The van der Waals surface area contributed by atoms with E-state index in [2.05, 4.69) is 0 Å². The van der Waals surface area contributed by atoms with Gasteiger partial charge in [-0.05, 0) is 5.97 Å². The SMILES string of the molecule is BC#N.[HH].[HH].[HH].[NaH]. The Morgan fingerprint density at radius 3 is 2.00 bits per heavy atom. The first-order valence-corrected chi connectivity index (χ1v) is 0.724. The van der Waals surface area contributed by atoms with Crippen LogP contribution in [0.25, 0.3) is 0 Å². The zero-order chi connectivity index (χ0) is 2.71. The third kappa shape index (κ3) is 20.1. The Hall–Kier alpha value is 0.555. The summed E-state index contributed by atoms with van der Waals surface area (Å²) in [5.41, 5.74) is 0. The number of hydrogen-bond acceptors (Lipinski definition) is 1. The molecule has 0 aromatic carbocycles. The van der Waals surface area contributed by atoms with Crippen LogP contribution in [0.5, 0.6) is 0 Å². The first kappa shape index (κ1) is 8.82. The maximum atomic E-state index is 7.32. The van der Waals surface area contributed by atoms with E-state index in [4.69, 9.17) is 5.26 Å². The summed E-state index contributed by atoms with van der Waals surface area (Å²) in [6, 6.07) is 0. The van der Waals surface area contributed by atoms with Gasteiger partial charge in [-0.15, -0.1) is 0 Å². The fraction of sp³-hybridized carbons (Fsp3) is 0. The molecule has 0 aliphatic rings. The van der Waals surface area contributed by atoms with E-state index in [-0.39, 0.29) is 33.8 Å². The van der Waals surface area contributed by atoms with Gasteiger partial charge in [0, 0.05) is 4.28 Å². The molecular formula is CH9BNNa. The van der Waals surface area contributed by atoms with Crippen molar-refractivity contribution in [1.82, 2.24) is 0 Å². The van der Waals surface area contributed by atoms with Gasteiger partial charge in [0.25, 0.3) is 0 Å². The van der Waals surface area contributed by atoms with Crippen molar-refractivity contribution in [2.75, 3.05) is 0 Å². The van der Waals surface area contributed by atoms with Crippen LogP contribution in [-0.4, -0.2) is 37.4 Å². The van der Waals surface area contributed by atoms with E-state index in [1.165, 1.54) is 7.85 Å². The van der Waals surface area contributed by atoms with Gasteiger partial charge in [-0.2, -0.15) is 0 Å². The molecule has 0 atom stereocenters. The topological polar surface area (TPSA) is 23.8 Å². The van der Waals surface area contributed by atoms with Crippen molar-refractivity contribution < 1.29 is 4.28 Å². The van der Waals surface area contributed by atoms with Gasteiger partial charge in [0.2, 0.25) is 7.85 Å². The van der Waals surface area contributed by atoms with E-state index in [0.29, 0.717) is 0 Å². The molecule has 0 spiro atoms. The van der Waals surface area contributed by atoms with Crippen LogP contribution in [0.1, 0.15) is 4.28 Å². The maximum absolute atomic E-state index is 7.32. The molecule has 0 fully saturated rings. The van der Waals surface area contributed by atoms with Crippen molar-refractivity contribution in [2.24, 2.45) is 0 Å². The van der Waals surface area contributed by atoms with Gasteiger partial charge >= 0.3 is 29.6 Å². The van der Waals surface area contributed by atoms with Crippen molar-refractivity contribution in [1.29, 1.82) is 5.26 Å². The van der Waals surface area contributed by atoms with E-state index in [9.17, 15) is 0 Å². The molecule has 1 nitrogen and oxygen atoms in total. The molecule has 0 aromatic rings. The first-order valence-electron chi connectivity index (χ1n) is 0.724. The predicted octanol–water partition coefficient (Wildman–Crippen LogP) is -0.810. The molecule has 22 valence electrons. The molecule has 0 saturated heterocycles. The second-order valence-corrected chi connectivity index (χ2v) is 0.224. The molecule has 0 aliphatic heterocycles. The Morgan fingerprint density at radius 1 is 2.00 bits per heavy atom. The fourth-order valence-electron chi connectivity index (χ4n) is 0. The third-order valence-corrected chi connectivity index (χ3v) is 0. The normalized spacial score (nSPS) is 1.75. The summed E-state index contributed by atoms with van der Waals surface area (Å²) in [5, 5.41) is 7.32. The average Bonchev–Trinajstić information content (AvgIpc) is 0.918. The van der Waals surface area contributed by atoms with Gasteiger partial charge in [0.1, 0.15) is 0 Å². The minimum absolute atomic E-state index is 0. The number of nitrogens with zero attached hydrogens (tertiary/aromatic N) is 1. The molecule has 4 heavy (non-hydrogen) atoms. The molecule has 0 amide bonds. The molecule has 0 saturated carbocycles. The second kappa shape index (κ2) is 9.60. The molecule has 0 aliphatic carbocycles. The predicted molar refractivity (Wildman–Crippen MR) is 27.6 cm³/mol. The van der Waals surface area contributed by atoms with Crippen LogP contribution >= 0.6 is 0 Å². The summed E-state index contributed by atoms with van der Waals surface area (Å²) in [5.74, 6) is 1.75. The number of hydrogen-bond donors (Lipinski definition) is 0. The van der Waals surface area contributed by atoms with E-state index < -0.39 is 0 Å². The van der Waals surface area contributed by atoms with Crippen LogP contribution in [-0.2, 0) is 0 Å². The molecule has 3 heteroatoms. The van der Waals surface area contributed by atoms with Crippen molar-refractivity contribution >= 4 is 37.4 Å². The molecule has 0 heterocycles. The third-order valence-electron chi connectivity index (χ3n) is 0. The Bertz CT molecular complexity index is 36.4. The van der Waals surface area contributed by atoms with E-state index in [0.717, 1.165) is 0 Å². The Kier molecular flexibility index (Phi) is 21.2. The van der Waals surface area contributed by atoms with Crippen molar-refractivity contribution in [3.63, 3.8) is 0 Å². The molecular weight excluding hydrogens is 59.8 g/mol. The van der Waals surface area contributed by atoms with Crippen LogP contribution in [0.4, 0.5) is 0 Å². The molecule has 0 unspecified atom stereocenters. The summed E-state index contributed by atoms with van der Waals surface area (Å²) in [7, 11) is 1.43. The summed E-state index contributed by atoms with van der Waals surface area (Å²) in [4.78, 5) is 0. The standard InChI is InChI=1S/CH2BN.Na.3H2.H/c2-1-3;;;;;/h2H2;;3*1H;. The monoisotopic (exact) mass is 69.1 g/mol. The Labute approximate surface area is 53.2 Å². The molecule has 0 rings (SSSR count). The van der Waals surface area contributed by atoms with Gasteiger partial charge in [0.15, 0.2) is 0 Å². The quantitative estimate of drug-likeness (QED) is 0.341. The second-order valence-electron chi connectivity index (χ2n) is 0.224. The van der Waals surface area contributed by atoms with Gasteiger partial charge in [0.05, 0.1) is 0 Å². The fourth-order valence-corrected chi connectivity index (χ4v) is 0. The van der Waals surface area contributed by atoms with Crippen LogP contribution in [0.2, 0.25) is 0 Å². The van der Waals surface area contributed by atoms with Crippen molar-refractivity contribution in [3.05, 3.63) is 0 Å². The van der Waals surface area contributed by atoms with Crippen LogP contribution in [0, 0.1) is 11.2 Å². The Morgan fingerprint density at radius 2 is 2.00 bits per heavy atom. The van der Waals surface area contributed by atoms with Crippen molar-refractivity contribution in [2.45, 2.75) is 0 Å².